The van der Waals surface area contributed by atoms with Crippen molar-refractivity contribution in [2.24, 2.45) is 5.73 Å². The van der Waals surface area contributed by atoms with Gasteiger partial charge in [-0.05, 0) is 12.5 Å². The van der Waals surface area contributed by atoms with E-state index in [-0.39, 0.29) is 24.0 Å². The van der Waals surface area contributed by atoms with Crippen LogP contribution < -0.4 is 11.1 Å². The second-order valence-corrected chi connectivity index (χ2v) is 7.10. The Morgan fingerprint density at radius 2 is 1.92 bits per heavy atom. The molecule has 0 bridgehead atoms. The fraction of sp³-hybridized carbons (Fsp3) is 0.579. The first-order valence-electron chi connectivity index (χ1n) is 9.40. The molecule has 2 aliphatic heterocycles. The van der Waals surface area contributed by atoms with Gasteiger partial charge in [-0.15, -0.1) is 0 Å². The van der Waals surface area contributed by atoms with Crippen molar-refractivity contribution < 1.29 is 9.59 Å². The fourth-order valence-electron chi connectivity index (χ4n) is 3.74. The number of piperazine rings is 1. The minimum Gasteiger partial charge on any atom is -0.334 e. The normalized spacial score (nSPS) is 22.5. The highest BCUT2D eigenvalue weighted by atomic mass is 16.2. The number of amides is 3. The smallest absolute Gasteiger partial charge is 0.317 e. The van der Waals surface area contributed by atoms with Crippen molar-refractivity contribution in [2.75, 3.05) is 45.8 Å². The average molecular weight is 359 g/mol. The Bertz CT molecular complexity index is 616. The Labute approximate surface area is 155 Å². The van der Waals surface area contributed by atoms with Crippen LogP contribution >= 0.6 is 0 Å². The number of carbonyl (C=O) groups excluding carboxylic acids is 2. The average Bonchev–Trinajstić information content (AvgIpc) is 3.02. The van der Waals surface area contributed by atoms with E-state index in [0.717, 1.165) is 25.2 Å². The van der Waals surface area contributed by atoms with Crippen LogP contribution in [0.5, 0.6) is 0 Å². The minimum absolute atomic E-state index is 0.0189. The third kappa shape index (κ3) is 4.34. The summed E-state index contributed by atoms with van der Waals surface area (Å²) >= 11 is 0. The lowest BCUT2D eigenvalue weighted by molar-refractivity contribution is -0.129. The van der Waals surface area contributed by atoms with Gasteiger partial charge in [0.25, 0.3) is 0 Å². The predicted octanol–water partition coefficient (Wildman–Crippen LogP) is 0.634. The van der Waals surface area contributed by atoms with Crippen molar-refractivity contribution in [3.05, 3.63) is 35.9 Å². The molecule has 2 unspecified atom stereocenters. The van der Waals surface area contributed by atoms with Gasteiger partial charge in [0.15, 0.2) is 0 Å². The summed E-state index contributed by atoms with van der Waals surface area (Å²) < 4.78 is 0. The summed E-state index contributed by atoms with van der Waals surface area (Å²) in [6.45, 7) is 7.23. The highest BCUT2D eigenvalue weighted by molar-refractivity contribution is 5.82. The molecule has 142 valence electrons. The van der Waals surface area contributed by atoms with Crippen LogP contribution in [0.25, 0.3) is 0 Å². The summed E-state index contributed by atoms with van der Waals surface area (Å²) in [6.07, 6.45) is 0.371. The standard InChI is InChI=1S/C19H29N5O2/c1-15(16-5-3-2-4-6-16)24-14-17(13-18(24)25)21-19(26)23-11-9-22(8-7-20)10-12-23/h2-6,15,17H,7-14,20H2,1H3,(H,21,26). The monoisotopic (exact) mass is 359 g/mol. The Kier molecular flexibility index (Phi) is 6.11. The van der Waals surface area contributed by atoms with Crippen LogP contribution in [0.4, 0.5) is 4.79 Å². The van der Waals surface area contributed by atoms with Gasteiger partial charge in [0, 0.05) is 52.2 Å². The van der Waals surface area contributed by atoms with Gasteiger partial charge in [-0.25, -0.2) is 4.79 Å². The Hall–Kier alpha value is -2.12. The first-order chi connectivity index (χ1) is 12.6. The van der Waals surface area contributed by atoms with E-state index in [1.807, 2.05) is 47.1 Å². The van der Waals surface area contributed by atoms with Crippen LogP contribution in [-0.2, 0) is 4.79 Å². The lowest BCUT2D eigenvalue weighted by Crippen LogP contribution is -2.54. The molecule has 0 aliphatic carbocycles. The molecule has 0 aromatic heterocycles. The summed E-state index contributed by atoms with van der Waals surface area (Å²) in [5.74, 6) is 0.0967. The first-order valence-corrected chi connectivity index (χ1v) is 9.40. The minimum atomic E-state index is -0.122. The van der Waals surface area contributed by atoms with Crippen LogP contribution in [-0.4, -0.2) is 78.5 Å². The van der Waals surface area contributed by atoms with E-state index < -0.39 is 0 Å². The summed E-state index contributed by atoms with van der Waals surface area (Å²) in [4.78, 5) is 30.9. The zero-order valence-corrected chi connectivity index (χ0v) is 15.4. The number of hydrogen-bond acceptors (Lipinski definition) is 4. The lowest BCUT2D eigenvalue weighted by atomic mass is 10.1. The van der Waals surface area contributed by atoms with Gasteiger partial charge < -0.3 is 20.9 Å². The largest absolute Gasteiger partial charge is 0.334 e. The van der Waals surface area contributed by atoms with E-state index in [1.54, 1.807) is 0 Å². The molecule has 0 saturated carbocycles. The van der Waals surface area contributed by atoms with Gasteiger partial charge in [0.1, 0.15) is 0 Å². The van der Waals surface area contributed by atoms with Crippen molar-refractivity contribution in [3.8, 4) is 0 Å². The SMILES string of the molecule is CC(c1ccccc1)N1CC(NC(=O)N2CCN(CCN)CC2)CC1=O. The van der Waals surface area contributed by atoms with E-state index in [4.69, 9.17) is 5.73 Å². The number of hydrogen-bond donors (Lipinski definition) is 2. The van der Waals surface area contributed by atoms with Crippen LogP contribution in [0, 0.1) is 0 Å². The van der Waals surface area contributed by atoms with Gasteiger partial charge in [-0.1, -0.05) is 30.3 Å². The first kappa shape index (κ1) is 18.7. The van der Waals surface area contributed by atoms with Crippen molar-refractivity contribution in [3.63, 3.8) is 0 Å². The Balaban J connectivity index is 1.50. The van der Waals surface area contributed by atoms with Gasteiger partial charge in [0.05, 0.1) is 12.1 Å². The maximum absolute atomic E-state index is 12.5. The predicted molar refractivity (Wildman–Crippen MR) is 101 cm³/mol. The number of likely N-dealkylation sites (tertiary alicyclic amines) is 1. The zero-order chi connectivity index (χ0) is 18.5. The number of nitrogens with two attached hydrogens (primary N) is 1. The fourth-order valence-corrected chi connectivity index (χ4v) is 3.74. The molecule has 3 N–H and O–H groups in total. The molecule has 0 spiro atoms. The number of benzene rings is 1. The van der Waals surface area contributed by atoms with Crippen LogP contribution in [0.2, 0.25) is 0 Å². The van der Waals surface area contributed by atoms with Crippen molar-refractivity contribution in [1.82, 2.24) is 20.0 Å². The maximum Gasteiger partial charge on any atom is 0.317 e. The van der Waals surface area contributed by atoms with Crippen LogP contribution in [0.15, 0.2) is 30.3 Å². The molecule has 2 aliphatic rings. The van der Waals surface area contributed by atoms with Gasteiger partial charge >= 0.3 is 6.03 Å². The molecule has 1 aromatic carbocycles. The van der Waals surface area contributed by atoms with Crippen LogP contribution in [0.1, 0.15) is 24.9 Å². The molecule has 2 heterocycles. The lowest BCUT2D eigenvalue weighted by Gasteiger charge is -2.35. The molecule has 7 nitrogen and oxygen atoms in total. The highest BCUT2D eigenvalue weighted by Crippen LogP contribution is 2.25. The summed E-state index contributed by atoms with van der Waals surface area (Å²) in [6, 6.07) is 9.83. The number of rotatable bonds is 5. The summed E-state index contributed by atoms with van der Waals surface area (Å²) in [5.41, 5.74) is 6.70. The number of carbonyl (C=O) groups is 2. The second-order valence-electron chi connectivity index (χ2n) is 7.10. The molecule has 1 aromatic rings. The Morgan fingerprint density at radius 1 is 1.23 bits per heavy atom. The van der Waals surface area contributed by atoms with E-state index >= 15 is 0 Å². The molecule has 3 amide bonds. The van der Waals surface area contributed by atoms with Crippen molar-refractivity contribution in [2.45, 2.75) is 25.4 Å². The van der Waals surface area contributed by atoms with Gasteiger partial charge in [0.2, 0.25) is 5.91 Å². The van der Waals surface area contributed by atoms with Gasteiger partial charge in [-0.2, -0.15) is 0 Å². The van der Waals surface area contributed by atoms with Gasteiger partial charge in [-0.3, -0.25) is 9.69 Å². The summed E-state index contributed by atoms with van der Waals surface area (Å²) in [5, 5.41) is 3.04. The van der Waals surface area contributed by atoms with Crippen molar-refractivity contribution >= 4 is 11.9 Å². The van der Waals surface area contributed by atoms with E-state index in [9.17, 15) is 9.59 Å². The number of nitrogens with one attached hydrogen (secondary N) is 1. The zero-order valence-electron chi connectivity index (χ0n) is 15.4. The quantitative estimate of drug-likeness (QED) is 0.808. The second kappa shape index (κ2) is 8.51. The maximum atomic E-state index is 12.5. The molecule has 7 heteroatoms. The molecule has 2 saturated heterocycles. The molecule has 0 radical (unpaired) electrons. The van der Waals surface area contributed by atoms with E-state index in [1.165, 1.54) is 0 Å². The molecule has 2 atom stereocenters. The van der Waals surface area contributed by atoms with Crippen molar-refractivity contribution in [1.29, 1.82) is 0 Å². The number of nitrogens with zero attached hydrogens (tertiary/aromatic N) is 3. The Morgan fingerprint density at radius 3 is 2.58 bits per heavy atom. The van der Waals surface area contributed by atoms with Crippen LogP contribution in [0.3, 0.4) is 0 Å². The number of urea groups is 1. The van der Waals surface area contributed by atoms with E-state index in [2.05, 4.69) is 10.2 Å². The third-order valence-electron chi connectivity index (χ3n) is 5.34. The molecule has 2 fully saturated rings. The third-order valence-corrected chi connectivity index (χ3v) is 5.34. The molecular weight excluding hydrogens is 330 g/mol. The molecule has 26 heavy (non-hydrogen) atoms. The highest BCUT2D eigenvalue weighted by Gasteiger charge is 2.35. The topological polar surface area (TPSA) is 81.9 Å². The summed E-state index contributed by atoms with van der Waals surface area (Å²) in [7, 11) is 0. The van der Waals surface area contributed by atoms with E-state index in [0.29, 0.717) is 32.6 Å². The molecular formula is C19H29N5O2. The molecule has 3 rings (SSSR count).